The van der Waals surface area contributed by atoms with E-state index in [2.05, 4.69) is 20.2 Å². The number of nitrogens with one attached hydrogen (secondary N) is 1. The molecule has 2 aromatic rings. The highest BCUT2D eigenvalue weighted by molar-refractivity contribution is 5.85. The smallest absolute Gasteiger partial charge is 0.228 e. The Morgan fingerprint density at radius 3 is 2.50 bits per heavy atom. The van der Waals surface area contributed by atoms with Crippen LogP contribution in [-0.2, 0) is 6.61 Å². The lowest BCUT2D eigenvalue weighted by Crippen LogP contribution is -2.44. The maximum absolute atomic E-state index is 5.73. The van der Waals surface area contributed by atoms with Crippen LogP contribution in [0.4, 0.5) is 5.95 Å². The predicted octanol–water partition coefficient (Wildman–Crippen LogP) is 2.31. The minimum atomic E-state index is 0. The number of benzene rings is 1. The van der Waals surface area contributed by atoms with E-state index in [0.717, 1.165) is 37.7 Å². The first kappa shape index (κ1) is 18.5. The van der Waals surface area contributed by atoms with Crippen molar-refractivity contribution in [2.24, 2.45) is 0 Å². The monoisotopic (exact) mass is 342 g/mol. The number of aromatic nitrogens is 2. The first-order valence-corrected chi connectivity index (χ1v) is 6.87. The SMILES string of the molecule is Cl.Cl.c1ccc(COc2ccnc(N3CCNCC3)n2)cc1. The van der Waals surface area contributed by atoms with Crippen LogP contribution in [0.3, 0.4) is 0 Å². The van der Waals surface area contributed by atoms with Crippen LogP contribution in [-0.4, -0.2) is 36.1 Å². The molecule has 0 bridgehead atoms. The Morgan fingerprint density at radius 1 is 1.05 bits per heavy atom. The fourth-order valence-electron chi connectivity index (χ4n) is 2.16. The molecule has 1 aromatic heterocycles. The van der Waals surface area contributed by atoms with Crippen molar-refractivity contribution in [3.05, 3.63) is 48.2 Å². The summed E-state index contributed by atoms with van der Waals surface area (Å²) in [4.78, 5) is 11.0. The molecule has 5 nitrogen and oxygen atoms in total. The van der Waals surface area contributed by atoms with Crippen molar-refractivity contribution in [1.82, 2.24) is 15.3 Å². The summed E-state index contributed by atoms with van der Waals surface area (Å²) in [6.45, 7) is 4.33. The van der Waals surface area contributed by atoms with Gasteiger partial charge in [-0.1, -0.05) is 30.3 Å². The van der Waals surface area contributed by atoms with E-state index >= 15 is 0 Å². The lowest BCUT2D eigenvalue weighted by Gasteiger charge is -2.27. The summed E-state index contributed by atoms with van der Waals surface area (Å²) < 4.78 is 5.73. The molecule has 0 saturated carbocycles. The van der Waals surface area contributed by atoms with E-state index in [1.165, 1.54) is 0 Å². The zero-order chi connectivity index (χ0) is 13.6. The van der Waals surface area contributed by atoms with Crippen molar-refractivity contribution in [2.45, 2.75) is 6.61 Å². The molecule has 0 radical (unpaired) electrons. The summed E-state index contributed by atoms with van der Waals surface area (Å²) in [5.74, 6) is 1.37. The summed E-state index contributed by atoms with van der Waals surface area (Å²) in [6, 6.07) is 11.9. The minimum absolute atomic E-state index is 0. The Morgan fingerprint density at radius 2 is 1.77 bits per heavy atom. The van der Waals surface area contributed by atoms with Gasteiger partial charge in [-0.25, -0.2) is 4.98 Å². The van der Waals surface area contributed by atoms with Crippen LogP contribution < -0.4 is 15.0 Å². The van der Waals surface area contributed by atoms with Gasteiger partial charge in [0.25, 0.3) is 0 Å². The van der Waals surface area contributed by atoms with E-state index in [9.17, 15) is 0 Å². The maximum Gasteiger partial charge on any atom is 0.228 e. The summed E-state index contributed by atoms with van der Waals surface area (Å²) >= 11 is 0. The second-order valence-corrected chi connectivity index (χ2v) is 4.71. The van der Waals surface area contributed by atoms with Gasteiger partial charge >= 0.3 is 0 Å². The average Bonchev–Trinajstić information content (AvgIpc) is 2.55. The van der Waals surface area contributed by atoms with Crippen LogP contribution in [0.1, 0.15) is 5.56 Å². The summed E-state index contributed by atoms with van der Waals surface area (Å²) in [7, 11) is 0. The molecule has 1 aliphatic rings. The second kappa shape index (κ2) is 9.46. The van der Waals surface area contributed by atoms with Gasteiger partial charge in [0.05, 0.1) is 0 Å². The molecule has 22 heavy (non-hydrogen) atoms. The first-order valence-electron chi connectivity index (χ1n) is 6.87. The molecule has 1 aliphatic heterocycles. The van der Waals surface area contributed by atoms with Gasteiger partial charge < -0.3 is 15.0 Å². The highest BCUT2D eigenvalue weighted by Gasteiger charge is 2.13. The molecule has 0 spiro atoms. The van der Waals surface area contributed by atoms with E-state index in [0.29, 0.717) is 12.5 Å². The van der Waals surface area contributed by atoms with E-state index < -0.39 is 0 Å². The van der Waals surface area contributed by atoms with Gasteiger partial charge in [0.2, 0.25) is 11.8 Å². The fourth-order valence-corrected chi connectivity index (χ4v) is 2.16. The molecule has 3 rings (SSSR count). The van der Waals surface area contributed by atoms with E-state index in [1.54, 1.807) is 12.3 Å². The third-order valence-electron chi connectivity index (χ3n) is 3.25. The highest BCUT2D eigenvalue weighted by atomic mass is 35.5. The number of ether oxygens (including phenoxy) is 1. The van der Waals surface area contributed by atoms with Crippen molar-refractivity contribution in [3.63, 3.8) is 0 Å². The van der Waals surface area contributed by atoms with Crippen LogP contribution in [0.15, 0.2) is 42.6 Å². The zero-order valence-electron chi connectivity index (χ0n) is 12.1. The van der Waals surface area contributed by atoms with Gasteiger partial charge in [0.1, 0.15) is 6.61 Å². The third-order valence-corrected chi connectivity index (χ3v) is 3.25. The molecule has 1 fully saturated rings. The Hall–Kier alpha value is -1.56. The van der Waals surface area contributed by atoms with Gasteiger partial charge in [0, 0.05) is 38.4 Å². The van der Waals surface area contributed by atoms with Crippen LogP contribution in [0.5, 0.6) is 5.88 Å². The Balaban J connectivity index is 0.00000121. The Bertz CT molecular complexity index is 550. The number of hydrogen-bond donors (Lipinski definition) is 1. The Kier molecular flexibility index (Phi) is 7.95. The maximum atomic E-state index is 5.73. The topological polar surface area (TPSA) is 50.3 Å². The standard InChI is InChI=1S/C15H18N4O.2ClH/c1-2-4-13(5-3-1)12-20-14-6-7-17-15(18-14)19-10-8-16-9-11-19;;/h1-7,16H,8-12H2;2*1H. The van der Waals surface area contributed by atoms with Crippen LogP contribution in [0.2, 0.25) is 0 Å². The van der Waals surface area contributed by atoms with Crippen molar-refractivity contribution < 1.29 is 4.74 Å². The molecule has 0 unspecified atom stereocenters. The van der Waals surface area contributed by atoms with Crippen LogP contribution in [0, 0.1) is 0 Å². The molecular formula is C15H20Cl2N4O. The molecule has 120 valence electrons. The lowest BCUT2D eigenvalue weighted by molar-refractivity contribution is 0.293. The number of anilines is 1. The summed E-state index contributed by atoms with van der Waals surface area (Å²) in [5.41, 5.74) is 1.13. The largest absolute Gasteiger partial charge is 0.473 e. The molecular weight excluding hydrogens is 323 g/mol. The van der Waals surface area contributed by atoms with E-state index in [-0.39, 0.29) is 24.8 Å². The minimum Gasteiger partial charge on any atom is -0.473 e. The predicted molar refractivity (Wildman–Crippen MR) is 92.4 cm³/mol. The molecule has 2 heterocycles. The van der Waals surface area contributed by atoms with Gasteiger partial charge in [0.15, 0.2) is 0 Å². The molecule has 1 aromatic carbocycles. The Labute approximate surface area is 142 Å². The molecule has 0 amide bonds. The first-order chi connectivity index (χ1) is 9.92. The molecule has 7 heteroatoms. The van der Waals surface area contributed by atoms with Crippen LogP contribution in [0.25, 0.3) is 0 Å². The van der Waals surface area contributed by atoms with Crippen LogP contribution >= 0.6 is 24.8 Å². The van der Waals surface area contributed by atoms with Gasteiger partial charge in [-0.05, 0) is 5.56 Å². The highest BCUT2D eigenvalue weighted by Crippen LogP contribution is 2.14. The van der Waals surface area contributed by atoms with Crippen molar-refractivity contribution in [3.8, 4) is 5.88 Å². The number of halogens is 2. The van der Waals surface area contributed by atoms with Gasteiger partial charge in [-0.2, -0.15) is 4.98 Å². The van der Waals surface area contributed by atoms with E-state index in [1.807, 2.05) is 30.3 Å². The number of piperazine rings is 1. The number of nitrogens with zero attached hydrogens (tertiary/aromatic N) is 3. The lowest BCUT2D eigenvalue weighted by atomic mass is 10.2. The third kappa shape index (κ3) is 5.02. The van der Waals surface area contributed by atoms with Gasteiger partial charge in [-0.15, -0.1) is 24.8 Å². The summed E-state index contributed by atoms with van der Waals surface area (Å²) in [6.07, 6.45) is 1.75. The van der Waals surface area contributed by atoms with Gasteiger partial charge in [-0.3, -0.25) is 0 Å². The molecule has 1 saturated heterocycles. The normalized spacial score (nSPS) is 13.7. The van der Waals surface area contributed by atoms with Crippen molar-refractivity contribution >= 4 is 30.8 Å². The quantitative estimate of drug-likeness (QED) is 0.923. The fraction of sp³-hybridized carbons (Fsp3) is 0.333. The van der Waals surface area contributed by atoms with Crippen molar-refractivity contribution in [2.75, 3.05) is 31.1 Å². The second-order valence-electron chi connectivity index (χ2n) is 4.71. The molecule has 1 N–H and O–H groups in total. The molecule has 0 aliphatic carbocycles. The number of rotatable bonds is 4. The summed E-state index contributed by atoms with van der Waals surface area (Å²) in [5, 5.41) is 3.32. The average molecular weight is 343 g/mol. The number of hydrogen-bond acceptors (Lipinski definition) is 5. The molecule has 0 atom stereocenters. The van der Waals surface area contributed by atoms with E-state index in [4.69, 9.17) is 4.74 Å². The van der Waals surface area contributed by atoms with Crippen molar-refractivity contribution in [1.29, 1.82) is 0 Å². The zero-order valence-corrected chi connectivity index (χ0v) is 13.8.